The van der Waals surface area contributed by atoms with Crippen molar-refractivity contribution in [3.05, 3.63) is 33.9 Å². The highest BCUT2D eigenvalue weighted by molar-refractivity contribution is 5.79. The second kappa shape index (κ2) is 5.62. The summed E-state index contributed by atoms with van der Waals surface area (Å²) < 4.78 is 0. The second-order valence-corrected chi connectivity index (χ2v) is 5.02. The SMILES string of the molecule is CCC(C)(C)CNc1ccc(C=O)cc1[N+](=O)[O-]. The van der Waals surface area contributed by atoms with Gasteiger partial charge in [-0.05, 0) is 24.0 Å². The van der Waals surface area contributed by atoms with Gasteiger partial charge in [0.1, 0.15) is 12.0 Å². The zero-order valence-corrected chi connectivity index (χ0v) is 10.9. The first-order valence-electron chi connectivity index (χ1n) is 5.87. The van der Waals surface area contributed by atoms with Crippen LogP contribution in [0.15, 0.2) is 18.2 Å². The molecule has 18 heavy (non-hydrogen) atoms. The fraction of sp³-hybridized carbons (Fsp3) is 0.462. The number of hydrogen-bond donors (Lipinski definition) is 1. The topological polar surface area (TPSA) is 72.2 Å². The Hall–Kier alpha value is -1.91. The molecule has 0 amide bonds. The molecule has 0 bridgehead atoms. The fourth-order valence-corrected chi connectivity index (χ4v) is 1.38. The number of nitro groups is 1. The molecule has 0 aliphatic heterocycles. The monoisotopic (exact) mass is 250 g/mol. The van der Waals surface area contributed by atoms with Gasteiger partial charge in [0, 0.05) is 18.2 Å². The molecule has 1 aromatic carbocycles. The van der Waals surface area contributed by atoms with Crippen molar-refractivity contribution < 1.29 is 9.72 Å². The first kappa shape index (κ1) is 14.2. The summed E-state index contributed by atoms with van der Waals surface area (Å²) >= 11 is 0. The summed E-state index contributed by atoms with van der Waals surface area (Å²) in [6.45, 7) is 6.90. The van der Waals surface area contributed by atoms with Gasteiger partial charge in [-0.1, -0.05) is 20.8 Å². The van der Waals surface area contributed by atoms with Crippen LogP contribution in [-0.4, -0.2) is 17.8 Å². The predicted octanol–water partition coefficient (Wildman–Crippen LogP) is 3.26. The zero-order valence-electron chi connectivity index (χ0n) is 10.9. The Labute approximate surface area is 106 Å². The zero-order chi connectivity index (χ0) is 13.8. The maximum atomic E-state index is 10.9. The summed E-state index contributed by atoms with van der Waals surface area (Å²) in [5.41, 5.74) is 0.762. The van der Waals surface area contributed by atoms with Crippen molar-refractivity contribution in [1.29, 1.82) is 0 Å². The Bertz CT molecular complexity index is 456. The minimum Gasteiger partial charge on any atom is -0.379 e. The van der Waals surface area contributed by atoms with Gasteiger partial charge in [0.25, 0.3) is 5.69 Å². The van der Waals surface area contributed by atoms with E-state index >= 15 is 0 Å². The molecule has 1 aromatic rings. The lowest BCUT2D eigenvalue weighted by Gasteiger charge is -2.23. The third kappa shape index (κ3) is 3.55. The molecule has 0 aliphatic rings. The maximum Gasteiger partial charge on any atom is 0.293 e. The van der Waals surface area contributed by atoms with Crippen LogP contribution in [-0.2, 0) is 0 Å². The van der Waals surface area contributed by atoms with E-state index in [2.05, 4.69) is 26.1 Å². The van der Waals surface area contributed by atoms with E-state index in [1.54, 1.807) is 12.1 Å². The molecule has 5 heteroatoms. The molecule has 0 heterocycles. The van der Waals surface area contributed by atoms with Gasteiger partial charge < -0.3 is 5.32 Å². The van der Waals surface area contributed by atoms with Gasteiger partial charge in [0.15, 0.2) is 0 Å². The van der Waals surface area contributed by atoms with Crippen LogP contribution in [0.3, 0.4) is 0 Å². The van der Waals surface area contributed by atoms with Crippen molar-refractivity contribution in [3.63, 3.8) is 0 Å². The van der Waals surface area contributed by atoms with E-state index in [9.17, 15) is 14.9 Å². The van der Waals surface area contributed by atoms with E-state index in [1.165, 1.54) is 6.07 Å². The van der Waals surface area contributed by atoms with Gasteiger partial charge in [-0.25, -0.2) is 0 Å². The molecule has 0 aliphatic carbocycles. The molecule has 1 N–H and O–H groups in total. The lowest BCUT2D eigenvalue weighted by molar-refractivity contribution is -0.384. The summed E-state index contributed by atoms with van der Waals surface area (Å²) in [5.74, 6) is 0. The number of rotatable bonds is 6. The average Bonchev–Trinajstić information content (AvgIpc) is 2.36. The Balaban J connectivity index is 2.95. The fourth-order valence-electron chi connectivity index (χ4n) is 1.38. The first-order chi connectivity index (χ1) is 8.39. The molecule has 0 unspecified atom stereocenters. The smallest absolute Gasteiger partial charge is 0.293 e. The summed E-state index contributed by atoms with van der Waals surface area (Å²) in [6, 6.07) is 4.43. The van der Waals surface area contributed by atoms with Gasteiger partial charge >= 0.3 is 0 Å². The van der Waals surface area contributed by atoms with E-state index in [4.69, 9.17) is 0 Å². The number of aldehydes is 1. The molecule has 0 atom stereocenters. The van der Waals surface area contributed by atoms with Crippen molar-refractivity contribution >= 4 is 17.7 Å². The summed E-state index contributed by atoms with van der Waals surface area (Å²) in [6.07, 6.45) is 1.58. The van der Waals surface area contributed by atoms with Crippen molar-refractivity contribution in [2.45, 2.75) is 27.2 Å². The van der Waals surface area contributed by atoms with E-state index in [0.29, 0.717) is 24.1 Å². The van der Waals surface area contributed by atoms with Crippen molar-refractivity contribution in [1.82, 2.24) is 0 Å². The molecular weight excluding hydrogens is 232 g/mol. The first-order valence-corrected chi connectivity index (χ1v) is 5.87. The van der Waals surface area contributed by atoms with Crippen LogP contribution in [0.5, 0.6) is 0 Å². The number of nitro benzene ring substituents is 1. The normalized spacial score (nSPS) is 11.1. The number of carbonyl (C=O) groups is 1. The summed E-state index contributed by atoms with van der Waals surface area (Å²) in [7, 11) is 0. The summed E-state index contributed by atoms with van der Waals surface area (Å²) in [5, 5.41) is 14.0. The van der Waals surface area contributed by atoms with Crippen molar-refractivity contribution in [2.24, 2.45) is 5.41 Å². The van der Waals surface area contributed by atoms with Crippen LogP contribution in [0.4, 0.5) is 11.4 Å². The number of benzene rings is 1. The lowest BCUT2D eigenvalue weighted by atomic mass is 9.90. The van der Waals surface area contributed by atoms with Gasteiger partial charge in [0.05, 0.1) is 4.92 Å². The minimum absolute atomic E-state index is 0.0634. The van der Waals surface area contributed by atoms with E-state index < -0.39 is 4.92 Å². The number of carbonyl (C=O) groups excluding carboxylic acids is 1. The van der Waals surface area contributed by atoms with Crippen LogP contribution in [0.25, 0.3) is 0 Å². The molecular formula is C13H18N2O3. The molecule has 0 fully saturated rings. The Morgan fingerprint density at radius 3 is 2.61 bits per heavy atom. The van der Waals surface area contributed by atoms with Crippen LogP contribution < -0.4 is 5.32 Å². The molecule has 0 radical (unpaired) electrons. The Kier molecular flexibility index (Phi) is 4.42. The molecule has 0 aromatic heterocycles. The largest absolute Gasteiger partial charge is 0.379 e. The minimum atomic E-state index is -0.478. The highest BCUT2D eigenvalue weighted by Crippen LogP contribution is 2.27. The summed E-state index contributed by atoms with van der Waals surface area (Å²) in [4.78, 5) is 21.1. The van der Waals surface area contributed by atoms with E-state index in [-0.39, 0.29) is 11.1 Å². The number of anilines is 1. The molecule has 0 saturated carbocycles. The average molecular weight is 250 g/mol. The maximum absolute atomic E-state index is 10.9. The molecule has 98 valence electrons. The predicted molar refractivity (Wildman–Crippen MR) is 71.0 cm³/mol. The Morgan fingerprint density at radius 2 is 2.11 bits per heavy atom. The standard InChI is InChI=1S/C13H18N2O3/c1-4-13(2,3)9-14-11-6-5-10(8-16)7-12(11)15(17)18/h5-8,14H,4,9H2,1-3H3. The molecule has 0 saturated heterocycles. The molecule has 0 spiro atoms. The van der Waals surface area contributed by atoms with E-state index in [1.807, 2.05) is 0 Å². The molecule has 5 nitrogen and oxygen atoms in total. The number of nitrogens with one attached hydrogen (secondary N) is 1. The third-order valence-corrected chi connectivity index (χ3v) is 3.07. The van der Waals surface area contributed by atoms with Gasteiger partial charge in [-0.2, -0.15) is 0 Å². The van der Waals surface area contributed by atoms with Crippen LogP contribution in [0.2, 0.25) is 0 Å². The van der Waals surface area contributed by atoms with Gasteiger partial charge in [0.2, 0.25) is 0 Å². The van der Waals surface area contributed by atoms with Gasteiger partial charge in [-0.15, -0.1) is 0 Å². The third-order valence-electron chi connectivity index (χ3n) is 3.07. The quantitative estimate of drug-likeness (QED) is 0.478. The van der Waals surface area contributed by atoms with E-state index in [0.717, 1.165) is 6.42 Å². The highest BCUT2D eigenvalue weighted by Gasteiger charge is 2.19. The number of nitrogens with zero attached hydrogens (tertiary/aromatic N) is 1. The Morgan fingerprint density at radius 1 is 1.44 bits per heavy atom. The van der Waals surface area contributed by atoms with Gasteiger partial charge in [-0.3, -0.25) is 14.9 Å². The lowest BCUT2D eigenvalue weighted by Crippen LogP contribution is -2.22. The van der Waals surface area contributed by atoms with Crippen LogP contribution >= 0.6 is 0 Å². The van der Waals surface area contributed by atoms with Crippen molar-refractivity contribution in [2.75, 3.05) is 11.9 Å². The second-order valence-electron chi connectivity index (χ2n) is 5.02. The van der Waals surface area contributed by atoms with Crippen LogP contribution in [0, 0.1) is 15.5 Å². The molecule has 1 rings (SSSR count). The number of hydrogen-bond acceptors (Lipinski definition) is 4. The highest BCUT2D eigenvalue weighted by atomic mass is 16.6. The van der Waals surface area contributed by atoms with Crippen LogP contribution in [0.1, 0.15) is 37.6 Å². The van der Waals surface area contributed by atoms with Crippen molar-refractivity contribution in [3.8, 4) is 0 Å².